The number of aliphatic hydroxyl groups excluding tert-OH is 1. The van der Waals surface area contributed by atoms with Gasteiger partial charge in [0.2, 0.25) is 15.9 Å². The molecule has 8 nitrogen and oxygen atoms in total. The second-order valence-electron chi connectivity index (χ2n) is 9.78. The standard InChI is InChI=1S/C26H37N3O5S/c1-18-7-9-21(10-8-18)22-11-12-25-23(13-22)34-24(15-28(6)26(31)16-27(4)5)19(2)14-29(20(3)17-30)35(25,32)33/h7-13,19-20,24,30H,14-17H2,1-6H3/t19-,20+,24-/m0/s1. The molecule has 1 aliphatic heterocycles. The number of amides is 1. The number of nitrogens with zero attached hydrogens (tertiary/aromatic N) is 3. The molecule has 3 atom stereocenters. The van der Waals surface area contributed by atoms with E-state index in [1.165, 1.54) is 4.31 Å². The fourth-order valence-corrected chi connectivity index (χ4v) is 5.96. The number of carbonyl (C=O) groups excluding carboxylic acids is 1. The topological polar surface area (TPSA) is 90.4 Å². The van der Waals surface area contributed by atoms with Crippen molar-refractivity contribution in [3.8, 4) is 16.9 Å². The molecule has 192 valence electrons. The van der Waals surface area contributed by atoms with E-state index in [1.54, 1.807) is 37.1 Å². The zero-order valence-electron chi connectivity index (χ0n) is 21.4. The van der Waals surface area contributed by atoms with Gasteiger partial charge in [0, 0.05) is 25.6 Å². The van der Waals surface area contributed by atoms with Gasteiger partial charge in [-0.25, -0.2) is 8.42 Å². The number of carbonyl (C=O) groups is 1. The van der Waals surface area contributed by atoms with Crippen LogP contribution in [0, 0.1) is 12.8 Å². The van der Waals surface area contributed by atoms with E-state index < -0.39 is 22.2 Å². The van der Waals surface area contributed by atoms with Crippen LogP contribution in [0.1, 0.15) is 19.4 Å². The fourth-order valence-electron chi connectivity index (χ4n) is 4.13. The summed E-state index contributed by atoms with van der Waals surface area (Å²) in [5.41, 5.74) is 2.92. The predicted octanol–water partition coefficient (Wildman–Crippen LogP) is 2.45. The lowest BCUT2D eigenvalue weighted by Gasteiger charge is -2.37. The second kappa shape index (κ2) is 11.1. The van der Waals surface area contributed by atoms with Crippen LogP contribution in [0.4, 0.5) is 0 Å². The Morgan fingerprint density at radius 1 is 1.14 bits per heavy atom. The number of sulfonamides is 1. The summed E-state index contributed by atoms with van der Waals surface area (Å²) < 4.78 is 35.0. The average molecular weight is 504 g/mol. The summed E-state index contributed by atoms with van der Waals surface area (Å²) in [4.78, 5) is 16.1. The molecule has 0 saturated carbocycles. The number of likely N-dealkylation sites (N-methyl/N-ethyl adjacent to an activating group) is 2. The van der Waals surface area contributed by atoms with Crippen LogP contribution < -0.4 is 4.74 Å². The molecule has 2 aromatic carbocycles. The number of aryl methyl sites for hydroxylation is 1. The Bertz CT molecular complexity index is 1130. The first-order valence-corrected chi connectivity index (χ1v) is 13.3. The van der Waals surface area contributed by atoms with Crippen molar-refractivity contribution in [2.24, 2.45) is 5.92 Å². The first kappa shape index (κ1) is 27.1. The van der Waals surface area contributed by atoms with Crippen LogP contribution in [0.2, 0.25) is 0 Å². The van der Waals surface area contributed by atoms with Crippen molar-refractivity contribution in [2.75, 3.05) is 47.4 Å². The molecular weight excluding hydrogens is 466 g/mol. The highest BCUT2D eigenvalue weighted by atomic mass is 32.2. The molecule has 3 rings (SSSR count). The third-order valence-corrected chi connectivity index (χ3v) is 8.40. The van der Waals surface area contributed by atoms with Gasteiger partial charge in [0.25, 0.3) is 0 Å². The number of ether oxygens (including phenoxy) is 1. The van der Waals surface area contributed by atoms with E-state index >= 15 is 0 Å². The SMILES string of the molecule is Cc1ccc(-c2ccc3c(c2)O[C@@H](CN(C)C(=O)CN(C)C)[C@@H](C)CN([C@H](C)CO)S3(=O)=O)cc1. The highest BCUT2D eigenvalue weighted by Crippen LogP contribution is 2.36. The summed E-state index contributed by atoms with van der Waals surface area (Å²) in [6.07, 6.45) is -0.443. The quantitative estimate of drug-likeness (QED) is 0.624. The first-order valence-electron chi connectivity index (χ1n) is 11.8. The van der Waals surface area contributed by atoms with E-state index in [1.807, 2.05) is 57.1 Å². The predicted molar refractivity (Wildman–Crippen MR) is 137 cm³/mol. The Balaban J connectivity index is 2.06. The zero-order chi connectivity index (χ0) is 25.9. The first-order chi connectivity index (χ1) is 16.4. The number of rotatable bonds is 7. The van der Waals surface area contributed by atoms with Gasteiger partial charge in [-0.3, -0.25) is 4.79 Å². The van der Waals surface area contributed by atoms with Crippen LogP contribution in [-0.2, 0) is 14.8 Å². The van der Waals surface area contributed by atoms with Crippen LogP contribution in [0.15, 0.2) is 47.4 Å². The van der Waals surface area contributed by atoms with Gasteiger partial charge in [0.1, 0.15) is 16.7 Å². The van der Waals surface area contributed by atoms with E-state index in [9.17, 15) is 18.3 Å². The molecular formula is C26H37N3O5S. The number of hydrogen-bond donors (Lipinski definition) is 1. The van der Waals surface area contributed by atoms with Gasteiger partial charge in [-0.05, 0) is 51.2 Å². The van der Waals surface area contributed by atoms with Gasteiger partial charge in [-0.15, -0.1) is 0 Å². The minimum absolute atomic E-state index is 0.0466. The fraction of sp³-hybridized carbons (Fsp3) is 0.500. The third-order valence-electron chi connectivity index (χ3n) is 6.38. The van der Waals surface area contributed by atoms with Crippen molar-refractivity contribution in [1.82, 2.24) is 14.1 Å². The van der Waals surface area contributed by atoms with Gasteiger partial charge < -0.3 is 19.6 Å². The number of fused-ring (bicyclic) bond motifs is 1. The summed E-state index contributed by atoms with van der Waals surface area (Å²) in [7, 11) is 1.49. The molecule has 1 N–H and O–H groups in total. The van der Waals surface area contributed by atoms with Crippen LogP contribution in [0.5, 0.6) is 5.75 Å². The van der Waals surface area contributed by atoms with Crippen molar-refractivity contribution in [3.63, 3.8) is 0 Å². The lowest BCUT2D eigenvalue weighted by Crippen LogP contribution is -2.50. The summed E-state index contributed by atoms with van der Waals surface area (Å²) in [5.74, 6) is -0.0255. The molecule has 0 saturated heterocycles. The van der Waals surface area contributed by atoms with Crippen molar-refractivity contribution < 1.29 is 23.1 Å². The molecule has 2 aromatic rings. The van der Waals surface area contributed by atoms with E-state index in [0.29, 0.717) is 6.54 Å². The molecule has 1 amide bonds. The summed E-state index contributed by atoms with van der Waals surface area (Å²) in [5, 5.41) is 9.80. The number of hydrogen-bond acceptors (Lipinski definition) is 6. The molecule has 0 radical (unpaired) electrons. The smallest absolute Gasteiger partial charge is 0.247 e. The van der Waals surface area contributed by atoms with Gasteiger partial charge in [-0.1, -0.05) is 42.8 Å². The summed E-state index contributed by atoms with van der Waals surface area (Å²) >= 11 is 0. The van der Waals surface area contributed by atoms with E-state index in [4.69, 9.17) is 4.74 Å². The summed E-state index contributed by atoms with van der Waals surface area (Å²) in [6.45, 7) is 6.07. The highest BCUT2D eigenvalue weighted by molar-refractivity contribution is 7.89. The maximum Gasteiger partial charge on any atom is 0.247 e. The molecule has 0 aromatic heterocycles. The minimum atomic E-state index is -3.92. The van der Waals surface area contributed by atoms with E-state index in [0.717, 1.165) is 16.7 Å². The van der Waals surface area contributed by atoms with Gasteiger partial charge >= 0.3 is 0 Å². The molecule has 1 aliphatic rings. The highest BCUT2D eigenvalue weighted by Gasteiger charge is 2.38. The van der Waals surface area contributed by atoms with Crippen LogP contribution in [0.25, 0.3) is 11.1 Å². The minimum Gasteiger partial charge on any atom is -0.487 e. The Hall–Kier alpha value is -2.46. The Kier molecular flexibility index (Phi) is 8.58. The van der Waals surface area contributed by atoms with E-state index in [2.05, 4.69) is 0 Å². The average Bonchev–Trinajstić information content (AvgIpc) is 2.80. The third kappa shape index (κ3) is 6.22. The summed E-state index contributed by atoms with van der Waals surface area (Å²) in [6, 6.07) is 12.5. The lowest BCUT2D eigenvalue weighted by atomic mass is 10.0. The van der Waals surface area contributed by atoms with Crippen molar-refractivity contribution in [2.45, 2.75) is 37.8 Å². The van der Waals surface area contributed by atoms with Crippen molar-refractivity contribution in [1.29, 1.82) is 0 Å². The molecule has 0 fully saturated rings. The second-order valence-corrected chi connectivity index (χ2v) is 11.6. The largest absolute Gasteiger partial charge is 0.487 e. The maximum atomic E-state index is 13.6. The molecule has 0 aliphatic carbocycles. The van der Waals surface area contributed by atoms with Crippen LogP contribution in [0.3, 0.4) is 0 Å². The Morgan fingerprint density at radius 2 is 1.77 bits per heavy atom. The number of benzene rings is 2. The molecule has 1 heterocycles. The number of aliphatic hydroxyl groups is 1. The van der Waals surface area contributed by atoms with Crippen molar-refractivity contribution in [3.05, 3.63) is 48.0 Å². The normalized spacial score (nSPS) is 20.9. The van der Waals surface area contributed by atoms with E-state index in [-0.39, 0.29) is 42.2 Å². The van der Waals surface area contributed by atoms with Gasteiger partial charge in [-0.2, -0.15) is 4.31 Å². The monoisotopic (exact) mass is 503 g/mol. The van der Waals surface area contributed by atoms with Gasteiger partial charge in [0.05, 0.1) is 19.7 Å². The Labute approximate surface area is 209 Å². The van der Waals surface area contributed by atoms with Crippen molar-refractivity contribution >= 4 is 15.9 Å². The van der Waals surface area contributed by atoms with Crippen LogP contribution in [-0.4, -0.2) is 93.1 Å². The van der Waals surface area contributed by atoms with Crippen LogP contribution >= 0.6 is 0 Å². The molecule has 0 unspecified atom stereocenters. The van der Waals surface area contributed by atoms with Gasteiger partial charge in [0.15, 0.2) is 0 Å². The molecule has 0 bridgehead atoms. The Morgan fingerprint density at radius 3 is 2.37 bits per heavy atom. The molecule has 0 spiro atoms. The zero-order valence-corrected chi connectivity index (χ0v) is 22.2. The molecule has 9 heteroatoms. The molecule has 35 heavy (non-hydrogen) atoms. The maximum absolute atomic E-state index is 13.6. The lowest BCUT2D eigenvalue weighted by molar-refractivity contribution is -0.132.